The van der Waals surface area contributed by atoms with Crippen molar-refractivity contribution in [3.05, 3.63) is 76.4 Å². The first-order valence-electron chi connectivity index (χ1n) is 12.5. The molecule has 8 nitrogen and oxygen atoms in total. The predicted octanol–water partition coefficient (Wildman–Crippen LogP) is 3.13. The van der Waals surface area contributed by atoms with E-state index in [0.29, 0.717) is 25.1 Å². The molecule has 2 aliphatic heterocycles. The van der Waals surface area contributed by atoms with Gasteiger partial charge in [0.2, 0.25) is 11.8 Å². The summed E-state index contributed by atoms with van der Waals surface area (Å²) in [4.78, 5) is 48.2. The van der Waals surface area contributed by atoms with E-state index in [1.807, 2.05) is 61.8 Å². The topological polar surface area (TPSA) is 103 Å². The van der Waals surface area contributed by atoms with Crippen molar-refractivity contribution in [2.24, 2.45) is 0 Å². The number of hydrogen-bond acceptors (Lipinski definition) is 6. The molecular formula is C28H30N4O4S. The average Bonchev–Trinajstić information content (AvgIpc) is 3.60. The number of aromatic nitrogens is 1. The quantitative estimate of drug-likeness (QED) is 0.500. The van der Waals surface area contributed by atoms with Crippen LogP contribution in [-0.4, -0.2) is 62.3 Å². The number of β-amino-alcohol motifs (C(OH)–C–C–N with tert-alkyl or cyclic N) is 1. The normalized spacial score (nSPS) is 19.7. The molecule has 37 heavy (non-hydrogen) atoms. The fourth-order valence-electron chi connectivity index (χ4n) is 5.21. The van der Waals surface area contributed by atoms with Gasteiger partial charge in [0.15, 0.2) is 0 Å². The lowest BCUT2D eigenvalue weighted by molar-refractivity contribution is -0.142. The Balaban J connectivity index is 1.25. The van der Waals surface area contributed by atoms with Gasteiger partial charge in [-0.05, 0) is 36.1 Å². The third-order valence-corrected chi connectivity index (χ3v) is 8.17. The number of aliphatic hydroxyl groups is 1. The van der Waals surface area contributed by atoms with Crippen LogP contribution in [0.25, 0.3) is 10.4 Å². The molecule has 1 saturated heterocycles. The van der Waals surface area contributed by atoms with Gasteiger partial charge >= 0.3 is 0 Å². The smallest absolute Gasteiger partial charge is 0.255 e. The minimum atomic E-state index is -0.786. The van der Waals surface area contributed by atoms with Crippen LogP contribution < -0.4 is 5.32 Å². The molecule has 3 heterocycles. The van der Waals surface area contributed by atoms with Crippen LogP contribution in [0.1, 0.15) is 46.9 Å². The van der Waals surface area contributed by atoms with E-state index in [9.17, 15) is 19.5 Å². The van der Waals surface area contributed by atoms with Crippen molar-refractivity contribution in [1.29, 1.82) is 0 Å². The Morgan fingerprint density at radius 3 is 2.62 bits per heavy atom. The summed E-state index contributed by atoms with van der Waals surface area (Å²) in [5.74, 6) is -0.781. The molecule has 0 radical (unpaired) electrons. The van der Waals surface area contributed by atoms with E-state index in [1.54, 1.807) is 22.3 Å². The van der Waals surface area contributed by atoms with Gasteiger partial charge in [-0.3, -0.25) is 14.4 Å². The van der Waals surface area contributed by atoms with Crippen molar-refractivity contribution < 1.29 is 19.5 Å². The number of likely N-dealkylation sites (tertiary alicyclic amines) is 1. The summed E-state index contributed by atoms with van der Waals surface area (Å²) in [6.07, 6.45) is -0.192. The van der Waals surface area contributed by atoms with Crippen LogP contribution in [0.2, 0.25) is 0 Å². The lowest BCUT2D eigenvalue weighted by atomic mass is 10.1. The molecule has 0 saturated carbocycles. The maximum atomic E-state index is 13.6. The highest BCUT2D eigenvalue weighted by atomic mass is 32.1. The molecule has 2 N–H and O–H groups in total. The number of aryl methyl sites for hydroxylation is 1. The number of fused-ring (bicyclic) bond motifs is 1. The second-order valence-corrected chi connectivity index (χ2v) is 10.4. The number of thiazole rings is 1. The molecule has 3 amide bonds. The van der Waals surface area contributed by atoms with E-state index in [2.05, 4.69) is 10.3 Å². The van der Waals surface area contributed by atoms with Crippen LogP contribution >= 0.6 is 11.3 Å². The van der Waals surface area contributed by atoms with Crippen molar-refractivity contribution in [1.82, 2.24) is 20.1 Å². The van der Waals surface area contributed by atoms with Gasteiger partial charge in [0, 0.05) is 31.6 Å². The largest absolute Gasteiger partial charge is 0.391 e. The molecule has 9 heteroatoms. The van der Waals surface area contributed by atoms with Crippen LogP contribution in [0.5, 0.6) is 0 Å². The summed E-state index contributed by atoms with van der Waals surface area (Å²) in [5, 5.41) is 13.3. The van der Waals surface area contributed by atoms with Gasteiger partial charge in [-0.1, -0.05) is 49.4 Å². The Hall–Kier alpha value is -3.56. The van der Waals surface area contributed by atoms with Gasteiger partial charge in [-0.25, -0.2) is 4.98 Å². The summed E-state index contributed by atoms with van der Waals surface area (Å²) in [6.45, 7) is 4.59. The van der Waals surface area contributed by atoms with E-state index in [1.165, 1.54) is 4.90 Å². The monoisotopic (exact) mass is 518 g/mol. The molecular weight excluding hydrogens is 488 g/mol. The number of aliphatic hydroxyl groups excluding tert-OH is 1. The zero-order valence-electron chi connectivity index (χ0n) is 20.9. The summed E-state index contributed by atoms with van der Waals surface area (Å²) in [6, 6.07) is 13.8. The molecule has 0 spiro atoms. The van der Waals surface area contributed by atoms with Crippen LogP contribution in [0.15, 0.2) is 54.0 Å². The molecule has 1 unspecified atom stereocenters. The van der Waals surface area contributed by atoms with Crippen molar-refractivity contribution >= 4 is 29.1 Å². The highest BCUT2D eigenvalue weighted by Gasteiger charge is 2.44. The van der Waals surface area contributed by atoms with E-state index >= 15 is 0 Å². The maximum absolute atomic E-state index is 13.6. The molecule has 0 aliphatic carbocycles. The van der Waals surface area contributed by atoms with Gasteiger partial charge in [0.25, 0.3) is 5.91 Å². The molecule has 0 bridgehead atoms. The Morgan fingerprint density at radius 2 is 1.95 bits per heavy atom. The molecule has 5 rings (SSSR count). The molecule has 3 aromatic rings. The second kappa shape index (κ2) is 10.4. The van der Waals surface area contributed by atoms with Gasteiger partial charge in [0.05, 0.1) is 22.2 Å². The predicted molar refractivity (Wildman–Crippen MR) is 141 cm³/mol. The van der Waals surface area contributed by atoms with Crippen LogP contribution in [-0.2, 0) is 22.7 Å². The summed E-state index contributed by atoms with van der Waals surface area (Å²) >= 11 is 1.59. The number of benzene rings is 2. The summed E-state index contributed by atoms with van der Waals surface area (Å²) in [7, 11) is 0. The third-order valence-electron chi connectivity index (χ3n) is 7.19. The minimum Gasteiger partial charge on any atom is -0.391 e. The van der Waals surface area contributed by atoms with Gasteiger partial charge < -0.3 is 20.2 Å². The van der Waals surface area contributed by atoms with E-state index in [4.69, 9.17) is 0 Å². The SMILES string of the molecule is CCC(C(=O)N1C[C@H](O)C[C@H]1C(=O)NCc1ccc(-c2scnc2C)cc1)N1Cc2ccccc2C1=O. The van der Waals surface area contributed by atoms with Crippen LogP contribution in [0, 0.1) is 6.92 Å². The zero-order valence-corrected chi connectivity index (χ0v) is 21.7. The maximum Gasteiger partial charge on any atom is 0.255 e. The molecule has 3 atom stereocenters. The first-order valence-corrected chi connectivity index (χ1v) is 13.4. The summed E-state index contributed by atoms with van der Waals surface area (Å²) < 4.78 is 0. The van der Waals surface area contributed by atoms with Crippen LogP contribution in [0.4, 0.5) is 0 Å². The molecule has 2 aromatic carbocycles. The number of carbonyl (C=O) groups is 3. The first kappa shape index (κ1) is 25.1. The van der Waals surface area contributed by atoms with Crippen molar-refractivity contribution in [2.75, 3.05) is 6.54 Å². The van der Waals surface area contributed by atoms with Crippen LogP contribution in [0.3, 0.4) is 0 Å². The van der Waals surface area contributed by atoms with E-state index < -0.39 is 18.2 Å². The average molecular weight is 519 g/mol. The van der Waals surface area contributed by atoms with Gasteiger partial charge in [0.1, 0.15) is 12.1 Å². The molecule has 1 fully saturated rings. The number of rotatable bonds is 7. The molecule has 192 valence electrons. The number of carbonyl (C=O) groups excluding carboxylic acids is 3. The standard InChI is InChI=1S/C28H30N4O4S/c1-3-23(31-14-20-6-4-5-7-22(20)27(31)35)28(36)32-15-21(33)12-24(32)26(34)29-13-18-8-10-19(11-9-18)25-17(2)30-16-37-25/h4-11,16,21,23-24,33H,3,12-15H2,1-2H3,(H,29,34)/t21-,23?,24+/m1/s1. The van der Waals surface area contributed by atoms with Gasteiger partial charge in [-0.2, -0.15) is 0 Å². The Bertz CT molecular complexity index is 1320. The Labute approximate surface area is 219 Å². The van der Waals surface area contributed by atoms with E-state index in [-0.39, 0.29) is 30.7 Å². The fourth-order valence-corrected chi connectivity index (χ4v) is 6.03. The minimum absolute atomic E-state index is 0.0747. The number of hydrogen-bond donors (Lipinski definition) is 2. The van der Waals surface area contributed by atoms with Gasteiger partial charge in [-0.15, -0.1) is 11.3 Å². The Morgan fingerprint density at radius 1 is 1.19 bits per heavy atom. The first-order chi connectivity index (χ1) is 17.9. The summed E-state index contributed by atoms with van der Waals surface area (Å²) in [5.41, 5.74) is 6.33. The number of amides is 3. The zero-order chi connectivity index (χ0) is 26.1. The van der Waals surface area contributed by atoms with Crippen molar-refractivity contribution in [2.45, 2.75) is 58.0 Å². The lowest BCUT2D eigenvalue weighted by Gasteiger charge is -2.32. The van der Waals surface area contributed by atoms with Crippen molar-refractivity contribution in [3.8, 4) is 10.4 Å². The molecule has 2 aliphatic rings. The number of nitrogens with zero attached hydrogens (tertiary/aromatic N) is 3. The van der Waals surface area contributed by atoms with E-state index in [0.717, 1.165) is 27.3 Å². The highest BCUT2D eigenvalue weighted by molar-refractivity contribution is 7.13. The molecule has 1 aromatic heterocycles. The highest BCUT2D eigenvalue weighted by Crippen LogP contribution is 2.29. The van der Waals surface area contributed by atoms with Crippen molar-refractivity contribution in [3.63, 3.8) is 0 Å². The fraction of sp³-hybridized carbons (Fsp3) is 0.357. The number of nitrogens with one attached hydrogen (secondary N) is 1. The lowest BCUT2D eigenvalue weighted by Crippen LogP contribution is -2.53. The third kappa shape index (κ3) is 4.89. The Kier molecular flexibility index (Phi) is 7.08. The second-order valence-electron chi connectivity index (χ2n) is 9.59.